The Balaban J connectivity index is 4.37. The van der Waals surface area contributed by atoms with Crippen molar-refractivity contribution >= 4 is 19.8 Å². The van der Waals surface area contributed by atoms with Crippen LogP contribution in [0, 0.1) is 0 Å². The van der Waals surface area contributed by atoms with E-state index < -0.39 is 51.8 Å². The average molecular weight is 823 g/mol. The summed E-state index contributed by atoms with van der Waals surface area (Å²) in [5, 5.41) is 18.3. The second kappa shape index (κ2) is 41.6. The molecule has 0 aliphatic carbocycles. The fraction of sp³-hybridized carbons (Fsp3) is 0.696. The van der Waals surface area contributed by atoms with E-state index in [1.807, 2.05) is 0 Å². The van der Waals surface area contributed by atoms with E-state index in [0.29, 0.717) is 12.8 Å². The van der Waals surface area contributed by atoms with Crippen molar-refractivity contribution in [3.8, 4) is 0 Å². The fourth-order valence-corrected chi connectivity index (χ4v) is 6.27. The standard InChI is InChI=1S/C46H79O10P/c1-3-5-7-9-11-13-15-17-19-20-21-22-24-25-27-29-31-33-35-37-45(49)53-41-44(42-55-57(51,52)54-40-43(48)39-47)56-46(50)38-36-34-32-30-28-26-23-18-16-14-12-10-8-6-4-2/h5,7,11,13-14,16-17,19,21-22,25,27,43-44,47-48H,3-4,6,8-10,12,15,18,20,23-24,26,28-42H2,1-2H3,(H,51,52)/b7-5-,13-11-,16-14-,19-17-,22-21-,27-25-/t43-,44+/m0/s1. The lowest BCUT2D eigenvalue weighted by molar-refractivity contribution is -0.161. The van der Waals surface area contributed by atoms with E-state index in [0.717, 1.165) is 77.0 Å². The Labute approximate surface area is 346 Å². The SMILES string of the molecule is CC/C=C\C/C=C\C/C=C\C/C=C\C/C=C\CCCCCC(=O)OC[C@H](COP(=O)(O)OC[C@@H](O)CO)OC(=O)CCCCCCCCC/C=C\CCCCCC. The number of ether oxygens (including phenoxy) is 2. The summed E-state index contributed by atoms with van der Waals surface area (Å²) in [5.74, 6) is -0.973. The number of hydrogen-bond donors (Lipinski definition) is 3. The molecular formula is C46H79O10P. The van der Waals surface area contributed by atoms with Crippen molar-refractivity contribution in [2.45, 2.75) is 180 Å². The highest BCUT2D eigenvalue weighted by Gasteiger charge is 2.27. The molecule has 10 nitrogen and oxygen atoms in total. The number of unbranched alkanes of at least 4 members (excludes halogenated alkanes) is 14. The normalized spacial score (nSPS) is 14.5. The van der Waals surface area contributed by atoms with Crippen LogP contribution in [0.25, 0.3) is 0 Å². The molecule has 0 aromatic heterocycles. The third-order valence-electron chi connectivity index (χ3n) is 8.84. The molecule has 3 atom stereocenters. The van der Waals surface area contributed by atoms with Gasteiger partial charge in [-0.05, 0) is 83.5 Å². The summed E-state index contributed by atoms with van der Waals surface area (Å²) >= 11 is 0. The lowest BCUT2D eigenvalue weighted by atomic mass is 10.1. The molecule has 0 aromatic carbocycles. The molecule has 1 unspecified atom stereocenters. The number of phosphoric acid groups is 1. The summed E-state index contributed by atoms with van der Waals surface area (Å²) in [5.41, 5.74) is 0. The molecule has 328 valence electrons. The first-order valence-electron chi connectivity index (χ1n) is 21.9. The molecule has 0 spiro atoms. The Bertz CT molecular complexity index is 1180. The van der Waals surface area contributed by atoms with Crippen molar-refractivity contribution in [2.75, 3.05) is 26.4 Å². The molecule has 0 saturated carbocycles. The maximum atomic E-state index is 12.6. The Morgan fingerprint density at radius 2 is 0.965 bits per heavy atom. The lowest BCUT2D eigenvalue weighted by Crippen LogP contribution is -2.29. The smallest absolute Gasteiger partial charge is 0.462 e. The third kappa shape index (κ3) is 41.4. The highest BCUT2D eigenvalue weighted by molar-refractivity contribution is 7.47. The molecule has 0 bridgehead atoms. The number of esters is 2. The number of hydrogen-bond acceptors (Lipinski definition) is 9. The Morgan fingerprint density at radius 1 is 0.544 bits per heavy atom. The number of carbonyl (C=O) groups excluding carboxylic acids is 2. The first-order valence-corrected chi connectivity index (χ1v) is 23.4. The minimum absolute atomic E-state index is 0.168. The number of carbonyl (C=O) groups is 2. The van der Waals surface area contributed by atoms with Crippen LogP contribution in [0.3, 0.4) is 0 Å². The van der Waals surface area contributed by atoms with E-state index in [2.05, 4.69) is 91.3 Å². The Kier molecular flexibility index (Phi) is 39.7. The topological polar surface area (TPSA) is 149 Å². The van der Waals surface area contributed by atoms with Gasteiger partial charge >= 0.3 is 19.8 Å². The van der Waals surface area contributed by atoms with Crippen molar-refractivity contribution in [3.63, 3.8) is 0 Å². The number of aliphatic hydroxyl groups excluding tert-OH is 2. The predicted molar refractivity (Wildman–Crippen MR) is 233 cm³/mol. The first kappa shape index (κ1) is 54.4. The molecule has 0 amide bonds. The van der Waals surface area contributed by atoms with Crippen LogP contribution in [-0.4, -0.2) is 65.7 Å². The van der Waals surface area contributed by atoms with Gasteiger partial charge in [0.2, 0.25) is 0 Å². The quantitative estimate of drug-likeness (QED) is 0.0236. The highest BCUT2D eigenvalue weighted by atomic mass is 31.2. The zero-order valence-corrected chi connectivity index (χ0v) is 36.4. The van der Waals surface area contributed by atoms with E-state index in [9.17, 15) is 24.2 Å². The zero-order chi connectivity index (χ0) is 41.9. The molecule has 11 heteroatoms. The summed E-state index contributed by atoms with van der Waals surface area (Å²) in [6.45, 7) is 2.20. The molecule has 3 N–H and O–H groups in total. The van der Waals surface area contributed by atoms with E-state index in [1.54, 1.807) is 0 Å². The summed E-state index contributed by atoms with van der Waals surface area (Å²) in [4.78, 5) is 35.0. The summed E-state index contributed by atoms with van der Waals surface area (Å²) in [6.07, 6.45) is 47.2. The lowest BCUT2D eigenvalue weighted by Gasteiger charge is -2.20. The van der Waals surface area contributed by atoms with Crippen LogP contribution < -0.4 is 0 Å². The van der Waals surface area contributed by atoms with Crippen LogP contribution in [-0.2, 0) is 32.7 Å². The van der Waals surface area contributed by atoms with Gasteiger partial charge in [0, 0.05) is 12.8 Å². The van der Waals surface area contributed by atoms with Crippen LogP contribution >= 0.6 is 7.82 Å². The second-order valence-electron chi connectivity index (χ2n) is 14.3. The van der Waals surface area contributed by atoms with Gasteiger partial charge in [0.25, 0.3) is 0 Å². The molecule has 0 saturated heterocycles. The van der Waals surface area contributed by atoms with Gasteiger partial charge in [-0.25, -0.2) is 4.57 Å². The number of aliphatic hydroxyl groups is 2. The molecule has 0 fully saturated rings. The Hall–Kier alpha value is -2.59. The van der Waals surface area contributed by atoms with Gasteiger partial charge in [0.15, 0.2) is 6.10 Å². The summed E-state index contributed by atoms with van der Waals surface area (Å²) < 4.78 is 32.7. The monoisotopic (exact) mass is 823 g/mol. The molecule has 0 aliphatic heterocycles. The summed E-state index contributed by atoms with van der Waals surface area (Å²) in [7, 11) is -4.63. The molecular weight excluding hydrogens is 743 g/mol. The van der Waals surface area contributed by atoms with E-state index in [-0.39, 0.29) is 19.4 Å². The van der Waals surface area contributed by atoms with E-state index in [4.69, 9.17) is 19.1 Å². The zero-order valence-electron chi connectivity index (χ0n) is 35.5. The molecule has 0 heterocycles. The second-order valence-corrected chi connectivity index (χ2v) is 15.8. The van der Waals surface area contributed by atoms with E-state index >= 15 is 0 Å². The van der Waals surface area contributed by atoms with E-state index in [1.165, 1.54) is 51.4 Å². The van der Waals surface area contributed by atoms with Gasteiger partial charge in [-0.1, -0.05) is 145 Å². The molecule has 0 aliphatic rings. The Morgan fingerprint density at radius 3 is 1.49 bits per heavy atom. The third-order valence-corrected chi connectivity index (χ3v) is 9.80. The number of allylic oxidation sites excluding steroid dienone is 12. The minimum atomic E-state index is -4.63. The molecule has 0 rings (SSSR count). The predicted octanol–water partition coefficient (Wildman–Crippen LogP) is 11.7. The van der Waals surface area contributed by atoms with Crippen molar-refractivity contribution in [2.24, 2.45) is 0 Å². The van der Waals surface area contributed by atoms with Gasteiger partial charge < -0.3 is 24.6 Å². The van der Waals surface area contributed by atoms with Gasteiger partial charge in [0.1, 0.15) is 12.7 Å². The van der Waals surface area contributed by atoms with Gasteiger partial charge in [-0.2, -0.15) is 0 Å². The minimum Gasteiger partial charge on any atom is -0.462 e. The van der Waals surface area contributed by atoms with Crippen molar-refractivity contribution < 1.29 is 47.8 Å². The van der Waals surface area contributed by atoms with Crippen LogP contribution in [0.4, 0.5) is 0 Å². The molecule has 0 aromatic rings. The van der Waals surface area contributed by atoms with Crippen LogP contribution in [0.15, 0.2) is 72.9 Å². The fourth-order valence-electron chi connectivity index (χ4n) is 5.48. The van der Waals surface area contributed by atoms with Crippen molar-refractivity contribution in [3.05, 3.63) is 72.9 Å². The average Bonchev–Trinajstić information content (AvgIpc) is 3.20. The van der Waals surface area contributed by atoms with Gasteiger partial charge in [-0.15, -0.1) is 0 Å². The largest absolute Gasteiger partial charge is 0.472 e. The number of rotatable bonds is 40. The maximum Gasteiger partial charge on any atom is 0.472 e. The van der Waals surface area contributed by atoms with Crippen molar-refractivity contribution in [1.29, 1.82) is 0 Å². The van der Waals surface area contributed by atoms with Crippen LogP contribution in [0.2, 0.25) is 0 Å². The first-order chi connectivity index (χ1) is 27.7. The van der Waals surface area contributed by atoms with Crippen LogP contribution in [0.1, 0.15) is 168 Å². The maximum absolute atomic E-state index is 12.6. The van der Waals surface area contributed by atoms with Crippen LogP contribution in [0.5, 0.6) is 0 Å². The highest BCUT2D eigenvalue weighted by Crippen LogP contribution is 2.43. The van der Waals surface area contributed by atoms with Gasteiger partial charge in [0.05, 0.1) is 19.8 Å². The van der Waals surface area contributed by atoms with Gasteiger partial charge in [-0.3, -0.25) is 18.6 Å². The number of phosphoric ester groups is 1. The van der Waals surface area contributed by atoms with Crippen molar-refractivity contribution in [1.82, 2.24) is 0 Å². The molecule has 57 heavy (non-hydrogen) atoms. The summed E-state index contributed by atoms with van der Waals surface area (Å²) in [6, 6.07) is 0. The molecule has 0 radical (unpaired) electrons.